The van der Waals surface area contributed by atoms with Crippen molar-refractivity contribution in [1.82, 2.24) is 0 Å². The van der Waals surface area contributed by atoms with Gasteiger partial charge in [-0.1, -0.05) is 11.6 Å². The van der Waals surface area contributed by atoms with Gasteiger partial charge in [0.2, 0.25) is 0 Å². The SMILES string of the molecule is CC1CCC(CS(=O)c2cc(Cl)ccc2N)O1. The van der Waals surface area contributed by atoms with Crippen LogP contribution >= 0.6 is 11.6 Å². The Bertz CT molecular complexity index is 439. The summed E-state index contributed by atoms with van der Waals surface area (Å²) in [5.74, 6) is 0.495. The molecule has 1 aliphatic heterocycles. The highest BCUT2D eigenvalue weighted by Crippen LogP contribution is 2.25. The highest BCUT2D eigenvalue weighted by atomic mass is 35.5. The van der Waals surface area contributed by atoms with Crippen molar-refractivity contribution < 1.29 is 8.95 Å². The molecule has 2 N–H and O–H groups in total. The van der Waals surface area contributed by atoms with Crippen LogP contribution in [0.1, 0.15) is 19.8 Å². The first-order valence-corrected chi connectivity index (χ1v) is 7.35. The average molecular weight is 274 g/mol. The summed E-state index contributed by atoms with van der Waals surface area (Å²) in [6, 6.07) is 5.06. The third-order valence-corrected chi connectivity index (χ3v) is 4.63. The molecule has 17 heavy (non-hydrogen) atoms. The zero-order chi connectivity index (χ0) is 12.4. The Morgan fingerprint density at radius 2 is 2.29 bits per heavy atom. The van der Waals surface area contributed by atoms with Gasteiger partial charge in [0, 0.05) is 10.7 Å². The summed E-state index contributed by atoms with van der Waals surface area (Å²) in [4.78, 5) is 0.612. The maximum atomic E-state index is 12.2. The van der Waals surface area contributed by atoms with Crippen LogP contribution in [-0.2, 0) is 15.5 Å². The highest BCUT2D eigenvalue weighted by Gasteiger charge is 2.24. The zero-order valence-corrected chi connectivity index (χ0v) is 11.3. The average Bonchev–Trinajstić information content (AvgIpc) is 2.67. The Balaban J connectivity index is 2.06. The van der Waals surface area contributed by atoms with Crippen LogP contribution in [0.2, 0.25) is 5.02 Å². The maximum Gasteiger partial charge on any atom is 0.0698 e. The molecule has 3 nitrogen and oxygen atoms in total. The first-order chi connectivity index (χ1) is 8.06. The first-order valence-electron chi connectivity index (χ1n) is 5.65. The molecule has 0 aromatic heterocycles. The van der Waals surface area contributed by atoms with Crippen molar-refractivity contribution in [2.75, 3.05) is 11.5 Å². The van der Waals surface area contributed by atoms with Crippen molar-refractivity contribution in [2.24, 2.45) is 0 Å². The van der Waals surface area contributed by atoms with Gasteiger partial charge in [-0.15, -0.1) is 0 Å². The van der Waals surface area contributed by atoms with E-state index in [-0.39, 0.29) is 12.2 Å². The third-order valence-electron chi connectivity index (χ3n) is 2.88. The number of hydrogen-bond acceptors (Lipinski definition) is 3. The summed E-state index contributed by atoms with van der Waals surface area (Å²) in [5, 5.41) is 0.559. The monoisotopic (exact) mass is 273 g/mol. The van der Waals surface area contributed by atoms with Crippen molar-refractivity contribution in [3.63, 3.8) is 0 Å². The van der Waals surface area contributed by atoms with E-state index in [1.807, 2.05) is 6.92 Å². The molecule has 3 unspecified atom stereocenters. The molecular weight excluding hydrogens is 258 g/mol. The van der Waals surface area contributed by atoms with Crippen LogP contribution in [-0.4, -0.2) is 22.2 Å². The molecule has 0 radical (unpaired) electrons. The van der Waals surface area contributed by atoms with Gasteiger partial charge in [-0.05, 0) is 38.0 Å². The molecular formula is C12H16ClNO2S. The summed E-state index contributed by atoms with van der Waals surface area (Å²) >= 11 is 5.88. The van der Waals surface area contributed by atoms with Gasteiger partial charge in [0.1, 0.15) is 0 Å². The van der Waals surface area contributed by atoms with Crippen LogP contribution in [0, 0.1) is 0 Å². The van der Waals surface area contributed by atoms with Gasteiger partial charge in [0.15, 0.2) is 0 Å². The molecule has 1 fully saturated rings. The molecule has 1 heterocycles. The van der Waals surface area contributed by atoms with Crippen LogP contribution in [0.4, 0.5) is 5.69 Å². The van der Waals surface area contributed by atoms with Crippen molar-refractivity contribution in [1.29, 1.82) is 0 Å². The van der Waals surface area contributed by atoms with Gasteiger partial charge in [0.25, 0.3) is 0 Å². The predicted molar refractivity (Wildman–Crippen MR) is 70.7 cm³/mol. The molecule has 1 saturated heterocycles. The Morgan fingerprint density at radius 3 is 2.94 bits per heavy atom. The van der Waals surface area contributed by atoms with E-state index in [9.17, 15) is 4.21 Å². The van der Waals surface area contributed by atoms with Crippen molar-refractivity contribution in [3.05, 3.63) is 23.2 Å². The number of nitrogens with two attached hydrogens (primary N) is 1. The lowest BCUT2D eigenvalue weighted by atomic mass is 10.2. The molecule has 3 atom stereocenters. The molecule has 0 spiro atoms. The number of ether oxygens (including phenoxy) is 1. The number of hydrogen-bond donors (Lipinski definition) is 1. The molecule has 5 heteroatoms. The van der Waals surface area contributed by atoms with Crippen LogP contribution < -0.4 is 5.73 Å². The Kier molecular flexibility index (Phi) is 4.07. The summed E-state index contributed by atoms with van der Waals surface area (Å²) in [6.07, 6.45) is 2.35. The molecule has 1 aromatic carbocycles. The number of nitrogen functional groups attached to an aromatic ring is 1. The molecule has 0 aliphatic carbocycles. The molecule has 94 valence electrons. The van der Waals surface area contributed by atoms with E-state index < -0.39 is 10.8 Å². The van der Waals surface area contributed by atoms with Gasteiger partial charge in [0.05, 0.1) is 33.7 Å². The first kappa shape index (κ1) is 12.9. The van der Waals surface area contributed by atoms with Crippen molar-refractivity contribution >= 4 is 28.1 Å². The van der Waals surface area contributed by atoms with Crippen LogP contribution in [0.25, 0.3) is 0 Å². The van der Waals surface area contributed by atoms with Crippen LogP contribution in [0.5, 0.6) is 0 Å². The maximum absolute atomic E-state index is 12.2. The second-order valence-corrected chi connectivity index (χ2v) is 6.24. The van der Waals surface area contributed by atoms with Crippen LogP contribution in [0.3, 0.4) is 0 Å². The highest BCUT2D eigenvalue weighted by molar-refractivity contribution is 7.85. The molecule has 0 amide bonds. The quantitative estimate of drug-likeness (QED) is 0.862. The standard InChI is InChI=1S/C12H16ClNO2S/c1-8-2-4-10(16-8)7-17(15)12-6-9(13)3-5-11(12)14/h3,5-6,8,10H,2,4,7,14H2,1H3. The fraction of sp³-hybridized carbons (Fsp3) is 0.500. The molecule has 2 rings (SSSR count). The lowest BCUT2D eigenvalue weighted by Gasteiger charge is -2.12. The molecule has 1 aliphatic rings. The fourth-order valence-electron chi connectivity index (χ4n) is 1.97. The van der Waals surface area contributed by atoms with E-state index in [2.05, 4.69) is 0 Å². The van der Waals surface area contributed by atoms with Crippen molar-refractivity contribution in [3.8, 4) is 0 Å². The Hall–Kier alpha value is -0.580. The Morgan fingerprint density at radius 1 is 1.53 bits per heavy atom. The zero-order valence-electron chi connectivity index (χ0n) is 9.69. The second kappa shape index (κ2) is 5.38. The summed E-state index contributed by atoms with van der Waals surface area (Å²) in [7, 11) is -1.14. The summed E-state index contributed by atoms with van der Waals surface area (Å²) in [5.41, 5.74) is 6.33. The minimum atomic E-state index is -1.14. The number of benzene rings is 1. The van der Waals surface area contributed by atoms with E-state index in [0.29, 0.717) is 21.4 Å². The predicted octanol–water partition coefficient (Wildman–Crippen LogP) is 2.60. The summed E-state index contributed by atoms with van der Waals surface area (Å²) < 4.78 is 17.8. The fourth-order valence-corrected chi connectivity index (χ4v) is 3.56. The van der Waals surface area contributed by atoms with Gasteiger partial charge >= 0.3 is 0 Å². The molecule has 0 saturated carbocycles. The van der Waals surface area contributed by atoms with Gasteiger partial charge in [-0.25, -0.2) is 0 Å². The van der Waals surface area contributed by atoms with E-state index in [4.69, 9.17) is 22.1 Å². The topological polar surface area (TPSA) is 52.3 Å². The minimum absolute atomic E-state index is 0.0733. The van der Waals surface area contributed by atoms with E-state index >= 15 is 0 Å². The smallest absolute Gasteiger partial charge is 0.0698 e. The third kappa shape index (κ3) is 3.21. The van der Waals surface area contributed by atoms with E-state index in [0.717, 1.165) is 12.8 Å². The number of rotatable bonds is 3. The normalized spacial score (nSPS) is 26.0. The summed E-state index contributed by atoms with van der Waals surface area (Å²) in [6.45, 7) is 2.04. The number of anilines is 1. The largest absolute Gasteiger partial charge is 0.398 e. The lowest BCUT2D eigenvalue weighted by molar-refractivity contribution is 0.0695. The molecule has 0 bridgehead atoms. The van der Waals surface area contributed by atoms with Gasteiger partial charge in [-0.2, -0.15) is 0 Å². The van der Waals surface area contributed by atoms with Crippen molar-refractivity contribution in [2.45, 2.75) is 36.9 Å². The van der Waals surface area contributed by atoms with E-state index in [1.54, 1.807) is 18.2 Å². The minimum Gasteiger partial charge on any atom is -0.398 e. The number of halogens is 1. The van der Waals surface area contributed by atoms with E-state index in [1.165, 1.54) is 0 Å². The van der Waals surface area contributed by atoms with Crippen LogP contribution in [0.15, 0.2) is 23.1 Å². The Labute approximate surface area is 109 Å². The van der Waals surface area contributed by atoms with Gasteiger partial charge in [-0.3, -0.25) is 4.21 Å². The second-order valence-electron chi connectivity index (χ2n) is 4.34. The van der Waals surface area contributed by atoms with Gasteiger partial charge < -0.3 is 10.5 Å². The lowest BCUT2D eigenvalue weighted by Crippen LogP contribution is -2.17. The molecule has 1 aromatic rings.